The summed E-state index contributed by atoms with van der Waals surface area (Å²) in [6, 6.07) is 7.85. The van der Waals surface area contributed by atoms with Gasteiger partial charge >= 0.3 is 0 Å². The normalized spacial score (nSPS) is 10.7. The third-order valence-electron chi connectivity index (χ3n) is 1.38. The Labute approximate surface area is 80.0 Å². The van der Waals surface area contributed by atoms with Crippen LogP contribution in [0.2, 0.25) is 5.02 Å². The molecule has 0 aliphatic rings. The molecule has 0 heterocycles. The molecule has 2 heteroatoms. The summed E-state index contributed by atoms with van der Waals surface area (Å²) in [6.45, 7) is 0. The van der Waals surface area contributed by atoms with Gasteiger partial charge in [-0.2, -0.15) is 0 Å². The standard InChI is InChI=1S/C9H8BrCl/c10-7-3-5-8-4-1-2-6-9(8)11/h1-4,6-7H,5H2. The first-order valence-electron chi connectivity index (χ1n) is 3.33. The van der Waals surface area contributed by atoms with Crippen LogP contribution in [0.1, 0.15) is 5.56 Å². The molecule has 0 fully saturated rings. The molecule has 0 bridgehead atoms. The zero-order valence-electron chi connectivity index (χ0n) is 5.93. The topological polar surface area (TPSA) is 0 Å². The minimum atomic E-state index is 0.832. The van der Waals surface area contributed by atoms with Gasteiger partial charge in [-0.25, -0.2) is 0 Å². The van der Waals surface area contributed by atoms with E-state index in [1.165, 1.54) is 0 Å². The zero-order chi connectivity index (χ0) is 8.10. The van der Waals surface area contributed by atoms with Crippen molar-refractivity contribution in [1.29, 1.82) is 0 Å². The van der Waals surface area contributed by atoms with Crippen LogP contribution in [-0.2, 0) is 6.42 Å². The second-order valence-corrected chi connectivity index (χ2v) is 3.09. The largest absolute Gasteiger partial charge is 0.0840 e. The van der Waals surface area contributed by atoms with E-state index < -0.39 is 0 Å². The highest BCUT2D eigenvalue weighted by Gasteiger charge is 1.93. The molecule has 0 saturated heterocycles. The molecule has 0 aromatic heterocycles. The van der Waals surface area contributed by atoms with E-state index in [-0.39, 0.29) is 0 Å². The molecule has 0 aliphatic heterocycles. The Morgan fingerprint density at radius 2 is 2.09 bits per heavy atom. The summed E-state index contributed by atoms with van der Waals surface area (Å²) in [5, 5.41) is 0.832. The van der Waals surface area contributed by atoms with Crippen molar-refractivity contribution in [2.75, 3.05) is 0 Å². The fourth-order valence-corrected chi connectivity index (χ4v) is 1.24. The molecule has 0 N–H and O–H groups in total. The maximum Gasteiger partial charge on any atom is 0.0441 e. The molecular formula is C9H8BrCl. The molecule has 0 saturated carbocycles. The second kappa shape index (κ2) is 4.58. The molecule has 0 unspecified atom stereocenters. The minimum absolute atomic E-state index is 0.832. The van der Waals surface area contributed by atoms with E-state index in [9.17, 15) is 0 Å². The molecular weight excluding hydrogens is 223 g/mol. The van der Waals surface area contributed by atoms with Gasteiger partial charge in [-0.05, 0) is 23.0 Å². The van der Waals surface area contributed by atoms with Crippen molar-refractivity contribution in [3.8, 4) is 0 Å². The number of hydrogen-bond acceptors (Lipinski definition) is 0. The highest BCUT2D eigenvalue weighted by Crippen LogP contribution is 2.15. The van der Waals surface area contributed by atoms with E-state index in [2.05, 4.69) is 15.9 Å². The average Bonchev–Trinajstić information content (AvgIpc) is 2.03. The third-order valence-corrected chi connectivity index (χ3v) is 2.13. The van der Waals surface area contributed by atoms with Crippen molar-refractivity contribution < 1.29 is 0 Å². The van der Waals surface area contributed by atoms with Gasteiger partial charge in [0.2, 0.25) is 0 Å². The first kappa shape index (κ1) is 8.82. The number of halogens is 2. The van der Waals surface area contributed by atoms with Gasteiger partial charge in [0.1, 0.15) is 0 Å². The van der Waals surface area contributed by atoms with Crippen molar-refractivity contribution in [2.24, 2.45) is 0 Å². The van der Waals surface area contributed by atoms with Crippen LogP contribution in [0.3, 0.4) is 0 Å². The van der Waals surface area contributed by atoms with Gasteiger partial charge in [-0.15, -0.1) is 0 Å². The maximum absolute atomic E-state index is 5.91. The summed E-state index contributed by atoms with van der Waals surface area (Å²) in [5.41, 5.74) is 1.16. The van der Waals surface area contributed by atoms with Crippen LogP contribution in [0.25, 0.3) is 0 Å². The SMILES string of the molecule is Clc1ccccc1CC=CBr. The minimum Gasteiger partial charge on any atom is -0.0840 e. The van der Waals surface area contributed by atoms with E-state index in [0.717, 1.165) is 17.0 Å². The lowest BCUT2D eigenvalue weighted by molar-refractivity contribution is 1.28. The molecule has 0 amide bonds. The second-order valence-electron chi connectivity index (χ2n) is 2.16. The Bertz CT molecular complexity index is 255. The number of rotatable bonds is 2. The summed E-state index contributed by atoms with van der Waals surface area (Å²) in [5.74, 6) is 0. The average molecular weight is 232 g/mol. The van der Waals surface area contributed by atoms with Crippen LogP contribution in [0.5, 0.6) is 0 Å². The van der Waals surface area contributed by atoms with Gasteiger partial charge in [0, 0.05) is 5.02 Å². The highest BCUT2D eigenvalue weighted by molar-refractivity contribution is 9.11. The summed E-state index contributed by atoms with van der Waals surface area (Å²) >= 11 is 9.12. The van der Waals surface area contributed by atoms with E-state index in [1.54, 1.807) is 0 Å². The van der Waals surface area contributed by atoms with Gasteiger partial charge in [0.15, 0.2) is 0 Å². The van der Waals surface area contributed by atoms with E-state index in [0.29, 0.717) is 0 Å². The van der Waals surface area contributed by atoms with Crippen molar-refractivity contribution in [2.45, 2.75) is 6.42 Å². The zero-order valence-corrected chi connectivity index (χ0v) is 8.27. The van der Waals surface area contributed by atoms with Crippen molar-refractivity contribution in [1.82, 2.24) is 0 Å². The first-order chi connectivity index (χ1) is 5.34. The molecule has 0 aliphatic carbocycles. The van der Waals surface area contributed by atoms with E-state index in [1.807, 2.05) is 35.3 Å². The maximum atomic E-state index is 5.91. The molecule has 0 atom stereocenters. The van der Waals surface area contributed by atoms with Crippen molar-refractivity contribution in [3.63, 3.8) is 0 Å². The van der Waals surface area contributed by atoms with E-state index >= 15 is 0 Å². The summed E-state index contributed by atoms with van der Waals surface area (Å²) < 4.78 is 0. The quantitative estimate of drug-likeness (QED) is 0.726. The lowest BCUT2D eigenvalue weighted by atomic mass is 10.1. The number of benzene rings is 1. The fourth-order valence-electron chi connectivity index (χ4n) is 0.835. The third kappa shape index (κ3) is 2.68. The van der Waals surface area contributed by atoms with Crippen molar-refractivity contribution in [3.05, 3.63) is 45.9 Å². The predicted molar refractivity (Wildman–Crippen MR) is 53.2 cm³/mol. The van der Waals surface area contributed by atoms with Gasteiger partial charge in [0.25, 0.3) is 0 Å². The van der Waals surface area contributed by atoms with Crippen LogP contribution in [0, 0.1) is 0 Å². The molecule has 0 nitrogen and oxygen atoms in total. The summed E-state index contributed by atoms with van der Waals surface area (Å²) in [4.78, 5) is 1.84. The van der Waals surface area contributed by atoms with Gasteiger partial charge in [0.05, 0.1) is 0 Å². The Morgan fingerprint density at radius 3 is 2.73 bits per heavy atom. The molecule has 11 heavy (non-hydrogen) atoms. The van der Waals surface area contributed by atoms with Gasteiger partial charge in [-0.1, -0.05) is 51.8 Å². The molecule has 1 aromatic rings. The molecule has 1 rings (SSSR count). The molecule has 0 spiro atoms. The summed E-state index contributed by atoms with van der Waals surface area (Å²) in [6.07, 6.45) is 2.89. The Hall–Kier alpha value is -0.270. The highest BCUT2D eigenvalue weighted by atomic mass is 79.9. The first-order valence-corrected chi connectivity index (χ1v) is 4.62. The molecule has 0 radical (unpaired) electrons. The van der Waals surface area contributed by atoms with Gasteiger partial charge < -0.3 is 0 Å². The number of allylic oxidation sites excluding steroid dienone is 1. The predicted octanol–water partition coefficient (Wildman–Crippen LogP) is 3.79. The van der Waals surface area contributed by atoms with Gasteiger partial charge in [-0.3, -0.25) is 0 Å². The fraction of sp³-hybridized carbons (Fsp3) is 0.111. The Kier molecular flexibility index (Phi) is 3.67. The molecule has 1 aromatic carbocycles. The van der Waals surface area contributed by atoms with E-state index in [4.69, 9.17) is 11.6 Å². The van der Waals surface area contributed by atoms with Crippen LogP contribution in [0.15, 0.2) is 35.3 Å². The van der Waals surface area contributed by atoms with Crippen LogP contribution >= 0.6 is 27.5 Å². The Morgan fingerprint density at radius 1 is 1.36 bits per heavy atom. The molecule has 58 valence electrons. The number of hydrogen-bond donors (Lipinski definition) is 0. The smallest absolute Gasteiger partial charge is 0.0441 e. The van der Waals surface area contributed by atoms with Crippen LogP contribution in [-0.4, -0.2) is 0 Å². The van der Waals surface area contributed by atoms with Crippen LogP contribution in [0.4, 0.5) is 0 Å². The monoisotopic (exact) mass is 230 g/mol. The lowest BCUT2D eigenvalue weighted by Gasteiger charge is -1.97. The lowest BCUT2D eigenvalue weighted by Crippen LogP contribution is -1.80. The summed E-state index contributed by atoms with van der Waals surface area (Å²) in [7, 11) is 0. The van der Waals surface area contributed by atoms with Crippen LogP contribution < -0.4 is 0 Å². The van der Waals surface area contributed by atoms with Crippen molar-refractivity contribution >= 4 is 27.5 Å². The Balaban J connectivity index is 2.77.